The summed E-state index contributed by atoms with van der Waals surface area (Å²) in [5, 5.41) is 3.15. The van der Waals surface area contributed by atoms with E-state index in [9.17, 15) is 18.4 Å². The molecule has 2 aromatic carbocycles. The third kappa shape index (κ3) is 6.80. The zero-order valence-electron chi connectivity index (χ0n) is 18.7. The van der Waals surface area contributed by atoms with Gasteiger partial charge in [0.05, 0.1) is 23.1 Å². The highest BCUT2D eigenvalue weighted by Crippen LogP contribution is 2.46. The van der Waals surface area contributed by atoms with Crippen LogP contribution in [0.15, 0.2) is 51.4 Å². The largest absolute Gasteiger partial charge is 0.479 e. The third-order valence-electron chi connectivity index (χ3n) is 4.74. The fourth-order valence-corrected chi connectivity index (χ4v) is 5.51. The third-order valence-corrected chi connectivity index (χ3v) is 7.68. The van der Waals surface area contributed by atoms with Gasteiger partial charge in [0.2, 0.25) is 0 Å². The van der Waals surface area contributed by atoms with Crippen molar-refractivity contribution in [2.24, 2.45) is 0 Å². The molecule has 0 aliphatic carbocycles. The first-order valence-electron chi connectivity index (χ1n) is 10.3. The molecule has 0 atom stereocenters. The van der Waals surface area contributed by atoms with Crippen LogP contribution < -0.4 is 10.1 Å². The van der Waals surface area contributed by atoms with E-state index >= 15 is 0 Å². The molecule has 6 nitrogen and oxygen atoms in total. The summed E-state index contributed by atoms with van der Waals surface area (Å²) in [6.07, 6.45) is -2.59. The number of benzene rings is 2. The van der Waals surface area contributed by atoms with Crippen LogP contribution in [0.5, 0.6) is 5.75 Å². The molecule has 0 unspecified atom stereocenters. The topological polar surface area (TPSA) is 73.9 Å². The summed E-state index contributed by atoms with van der Waals surface area (Å²) in [7, 11) is 1.26. The van der Waals surface area contributed by atoms with E-state index in [2.05, 4.69) is 37.2 Å². The number of carbonyl (C=O) groups is 2. The van der Waals surface area contributed by atoms with E-state index < -0.39 is 18.4 Å². The minimum atomic E-state index is -2.59. The summed E-state index contributed by atoms with van der Waals surface area (Å²) in [5.74, 6) is -0.953. The molecule has 1 aromatic heterocycles. The molecule has 186 valence electrons. The first kappa shape index (κ1) is 27.1. The minimum absolute atomic E-state index is 0.0862. The minimum Gasteiger partial charge on any atom is -0.479 e. The second kappa shape index (κ2) is 12.5. The lowest BCUT2D eigenvalue weighted by Gasteiger charge is -2.11. The highest BCUT2D eigenvalue weighted by molar-refractivity contribution is 9.11. The van der Waals surface area contributed by atoms with Crippen LogP contribution in [0.2, 0.25) is 0 Å². The second-order valence-corrected chi connectivity index (χ2v) is 9.75. The molecule has 0 fully saturated rings. The fraction of sp³-hybridized carbons (Fsp3) is 0.250. The van der Waals surface area contributed by atoms with Gasteiger partial charge in [-0.25, -0.2) is 18.4 Å². The van der Waals surface area contributed by atoms with Crippen LogP contribution in [0.25, 0.3) is 10.4 Å². The molecule has 0 bridgehead atoms. The highest BCUT2D eigenvalue weighted by Gasteiger charge is 2.25. The van der Waals surface area contributed by atoms with Crippen LogP contribution in [-0.2, 0) is 20.8 Å². The Hall–Kier alpha value is -2.50. The Labute approximate surface area is 221 Å². The van der Waals surface area contributed by atoms with Gasteiger partial charge in [-0.05, 0) is 58.2 Å². The van der Waals surface area contributed by atoms with Crippen molar-refractivity contribution >= 4 is 60.8 Å². The van der Waals surface area contributed by atoms with Crippen molar-refractivity contribution in [2.45, 2.75) is 19.9 Å². The van der Waals surface area contributed by atoms with E-state index in [1.165, 1.54) is 13.2 Å². The summed E-state index contributed by atoms with van der Waals surface area (Å²) < 4.78 is 42.6. The Bertz CT molecular complexity index is 1220. The summed E-state index contributed by atoms with van der Waals surface area (Å²) in [4.78, 5) is 25.0. The van der Waals surface area contributed by atoms with Gasteiger partial charge >= 0.3 is 11.9 Å². The summed E-state index contributed by atoms with van der Waals surface area (Å²) in [5.41, 5.74) is 2.16. The molecular weight excluding hydrogens is 612 g/mol. The lowest BCUT2D eigenvalue weighted by molar-refractivity contribution is -0.145. The van der Waals surface area contributed by atoms with Gasteiger partial charge in [-0.15, -0.1) is 11.3 Å². The van der Waals surface area contributed by atoms with Gasteiger partial charge in [0, 0.05) is 22.3 Å². The van der Waals surface area contributed by atoms with E-state index in [1.807, 2.05) is 24.3 Å². The van der Waals surface area contributed by atoms with Crippen LogP contribution in [0.4, 0.5) is 14.5 Å². The van der Waals surface area contributed by atoms with Crippen LogP contribution >= 0.6 is 43.2 Å². The number of carbonyl (C=O) groups excluding carboxylic acids is 2. The Morgan fingerprint density at radius 3 is 2.60 bits per heavy atom. The Morgan fingerprint density at radius 1 is 1.14 bits per heavy atom. The summed E-state index contributed by atoms with van der Waals surface area (Å²) >= 11 is 7.79. The molecule has 0 radical (unpaired) electrons. The molecule has 1 N–H and O–H groups in total. The molecule has 0 aliphatic rings. The van der Waals surface area contributed by atoms with Gasteiger partial charge in [-0.3, -0.25) is 0 Å². The zero-order valence-corrected chi connectivity index (χ0v) is 22.7. The number of hydrogen-bond donors (Lipinski definition) is 1. The quantitative estimate of drug-likeness (QED) is 0.238. The van der Waals surface area contributed by atoms with Gasteiger partial charge in [0.1, 0.15) is 0 Å². The van der Waals surface area contributed by atoms with Gasteiger partial charge < -0.3 is 19.5 Å². The molecule has 0 aliphatic heterocycles. The molecule has 1 heterocycles. The smallest absolute Gasteiger partial charge is 0.351 e. The number of thiophene rings is 1. The van der Waals surface area contributed by atoms with E-state index in [0.717, 1.165) is 22.5 Å². The zero-order chi connectivity index (χ0) is 25.5. The predicted octanol–water partition coefficient (Wildman–Crippen LogP) is 7.22. The summed E-state index contributed by atoms with van der Waals surface area (Å²) in [6, 6.07) is 12.2. The standard InChI is InChI=1S/C24H21Br2F2NO5S/c1-3-33-18(30)12-34-20-19(26)21(35-22(20)24(31)32-2)14-6-4-5-13(9-14)11-29-15-7-8-17(25)16(10-15)23(27)28/h4-10,23,29H,3,11-12H2,1-2H3. The Morgan fingerprint density at radius 2 is 1.91 bits per heavy atom. The normalized spacial score (nSPS) is 10.8. The molecular formula is C24H21Br2F2NO5S. The first-order valence-corrected chi connectivity index (χ1v) is 12.7. The van der Waals surface area contributed by atoms with Crippen molar-refractivity contribution < 1.29 is 32.6 Å². The lowest BCUT2D eigenvalue weighted by atomic mass is 10.1. The predicted molar refractivity (Wildman–Crippen MR) is 137 cm³/mol. The van der Waals surface area contributed by atoms with Gasteiger partial charge in [0.25, 0.3) is 6.43 Å². The molecule has 0 amide bonds. The van der Waals surface area contributed by atoms with Crippen LogP contribution in [0.1, 0.15) is 34.1 Å². The number of nitrogens with one attached hydrogen (secondary N) is 1. The van der Waals surface area contributed by atoms with Gasteiger partial charge in [-0.2, -0.15) is 0 Å². The molecule has 11 heteroatoms. The van der Waals surface area contributed by atoms with E-state index in [0.29, 0.717) is 26.1 Å². The number of anilines is 1. The summed E-state index contributed by atoms with van der Waals surface area (Å²) in [6.45, 7) is 1.93. The Kier molecular flexibility index (Phi) is 9.64. The maximum Gasteiger partial charge on any atom is 0.351 e. The molecule has 0 saturated carbocycles. The van der Waals surface area contributed by atoms with Gasteiger partial charge in [-0.1, -0.05) is 34.1 Å². The number of hydrogen-bond acceptors (Lipinski definition) is 7. The highest BCUT2D eigenvalue weighted by atomic mass is 79.9. The lowest BCUT2D eigenvalue weighted by Crippen LogP contribution is -2.15. The van der Waals surface area contributed by atoms with Crippen molar-refractivity contribution in [2.75, 3.05) is 25.6 Å². The maximum atomic E-state index is 13.2. The van der Waals surface area contributed by atoms with Crippen molar-refractivity contribution in [1.29, 1.82) is 0 Å². The average Bonchev–Trinajstić information content (AvgIpc) is 3.18. The molecule has 0 spiro atoms. The number of alkyl halides is 2. The van der Waals surface area contributed by atoms with Crippen LogP contribution in [0, 0.1) is 0 Å². The van der Waals surface area contributed by atoms with Crippen molar-refractivity contribution in [3.8, 4) is 16.2 Å². The van der Waals surface area contributed by atoms with Crippen molar-refractivity contribution in [1.82, 2.24) is 0 Å². The molecule has 35 heavy (non-hydrogen) atoms. The molecule has 3 rings (SSSR count). The molecule has 0 saturated heterocycles. The van der Waals surface area contributed by atoms with Crippen molar-refractivity contribution in [3.63, 3.8) is 0 Å². The first-order chi connectivity index (χ1) is 16.7. The maximum absolute atomic E-state index is 13.2. The monoisotopic (exact) mass is 631 g/mol. The number of esters is 2. The molecule has 3 aromatic rings. The van der Waals surface area contributed by atoms with Gasteiger partial charge in [0.15, 0.2) is 17.2 Å². The number of methoxy groups -OCH3 is 1. The Balaban J connectivity index is 1.84. The fourth-order valence-electron chi connectivity index (χ4n) is 3.12. The second-order valence-electron chi connectivity index (χ2n) is 7.08. The van der Waals surface area contributed by atoms with Crippen molar-refractivity contribution in [3.05, 3.63) is 67.4 Å². The number of halogens is 4. The number of rotatable bonds is 10. The number of ether oxygens (including phenoxy) is 3. The van der Waals surface area contributed by atoms with E-state index in [-0.39, 0.29) is 29.4 Å². The van der Waals surface area contributed by atoms with E-state index in [4.69, 9.17) is 14.2 Å². The van der Waals surface area contributed by atoms with Crippen LogP contribution in [0.3, 0.4) is 0 Å². The van der Waals surface area contributed by atoms with E-state index in [1.54, 1.807) is 19.1 Å². The van der Waals surface area contributed by atoms with Crippen LogP contribution in [-0.4, -0.2) is 32.3 Å². The SMILES string of the molecule is CCOC(=O)COc1c(C(=O)OC)sc(-c2cccc(CNc3ccc(Br)c(C(F)F)c3)c2)c1Br. The average molecular weight is 633 g/mol.